The summed E-state index contributed by atoms with van der Waals surface area (Å²) >= 11 is 1.65. The van der Waals surface area contributed by atoms with Gasteiger partial charge in [-0.25, -0.2) is 13.8 Å². The van der Waals surface area contributed by atoms with Crippen molar-refractivity contribution in [2.75, 3.05) is 22.5 Å². The van der Waals surface area contributed by atoms with Crippen LogP contribution in [0.1, 0.15) is 13.8 Å². The van der Waals surface area contributed by atoms with E-state index in [1.165, 1.54) is 36.4 Å². The molecular weight excluding hydrogens is 394 g/mol. The molecule has 0 saturated carbocycles. The minimum Gasteiger partial charge on any atom is -0.453 e. The number of pyridine rings is 1. The van der Waals surface area contributed by atoms with E-state index in [4.69, 9.17) is 16.2 Å². The second-order valence-corrected chi connectivity index (χ2v) is 8.11. The Hall–Kier alpha value is -3.00. The molecule has 1 aliphatic rings. The maximum Gasteiger partial charge on any atom is 0.167 e. The van der Waals surface area contributed by atoms with E-state index >= 15 is 0 Å². The minimum absolute atomic E-state index is 0.0320. The summed E-state index contributed by atoms with van der Waals surface area (Å²) < 4.78 is 31.6. The molecule has 29 heavy (non-hydrogen) atoms. The van der Waals surface area contributed by atoms with E-state index in [2.05, 4.69) is 24.1 Å². The van der Waals surface area contributed by atoms with E-state index in [9.17, 15) is 8.78 Å². The Morgan fingerprint density at radius 1 is 1.00 bits per heavy atom. The van der Waals surface area contributed by atoms with Crippen LogP contribution in [0.4, 0.5) is 26.0 Å². The lowest BCUT2D eigenvalue weighted by atomic mass is 10.1. The van der Waals surface area contributed by atoms with Crippen LogP contribution in [-0.2, 0) is 0 Å². The third-order valence-electron chi connectivity index (χ3n) is 3.95. The highest BCUT2D eigenvalue weighted by molar-refractivity contribution is 7.99. The number of thioether (sulfide) groups is 1. The van der Waals surface area contributed by atoms with Crippen LogP contribution in [0.15, 0.2) is 59.6 Å². The molecule has 0 atom stereocenters. The SMILES string of the molecule is CC1(C)CSc2c(Oc3ccc(N)cc3F)ccnc2N1.Nc1ccc(F)cc1. The Kier molecular flexibility index (Phi) is 6.12. The van der Waals surface area contributed by atoms with E-state index in [0.717, 1.165) is 16.5 Å². The molecule has 0 fully saturated rings. The van der Waals surface area contributed by atoms with Gasteiger partial charge in [0.25, 0.3) is 0 Å². The van der Waals surface area contributed by atoms with Gasteiger partial charge < -0.3 is 21.5 Å². The molecule has 5 nitrogen and oxygen atoms in total. The number of hydrogen-bond donors (Lipinski definition) is 3. The number of rotatable bonds is 2. The van der Waals surface area contributed by atoms with Gasteiger partial charge >= 0.3 is 0 Å². The fraction of sp³-hybridized carbons (Fsp3) is 0.190. The van der Waals surface area contributed by atoms with Gasteiger partial charge in [-0.1, -0.05) is 0 Å². The summed E-state index contributed by atoms with van der Waals surface area (Å²) in [7, 11) is 0. The molecule has 152 valence electrons. The molecule has 0 radical (unpaired) electrons. The largest absolute Gasteiger partial charge is 0.453 e. The van der Waals surface area contributed by atoms with E-state index in [1.807, 2.05) is 0 Å². The van der Waals surface area contributed by atoms with Crippen molar-refractivity contribution in [3.63, 3.8) is 0 Å². The van der Waals surface area contributed by atoms with Crippen molar-refractivity contribution < 1.29 is 13.5 Å². The van der Waals surface area contributed by atoms with Crippen LogP contribution in [0.25, 0.3) is 0 Å². The van der Waals surface area contributed by atoms with Crippen LogP contribution >= 0.6 is 11.8 Å². The Morgan fingerprint density at radius 2 is 1.69 bits per heavy atom. The zero-order valence-corrected chi connectivity index (χ0v) is 16.9. The molecule has 3 aromatic rings. The average molecular weight is 416 g/mol. The number of nitrogens with two attached hydrogens (primary N) is 2. The number of nitrogens with one attached hydrogen (secondary N) is 1. The lowest BCUT2D eigenvalue weighted by Crippen LogP contribution is -2.36. The predicted molar refractivity (Wildman–Crippen MR) is 114 cm³/mol. The quantitative estimate of drug-likeness (QED) is 0.492. The van der Waals surface area contributed by atoms with Crippen molar-refractivity contribution in [2.45, 2.75) is 24.3 Å². The smallest absolute Gasteiger partial charge is 0.167 e. The minimum atomic E-state index is -0.477. The van der Waals surface area contributed by atoms with Gasteiger partial charge in [0.2, 0.25) is 0 Å². The molecule has 0 spiro atoms. The molecule has 0 bridgehead atoms. The predicted octanol–water partition coefficient (Wildman–Crippen LogP) is 5.30. The van der Waals surface area contributed by atoms with Crippen LogP contribution in [-0.4, -0.2) is 16.3 Å². The van der Waals surface area contributed by atoms with Gasteiger partial charge in [0, 0.05) is 41.0 Å². The maximum absolute atomic E-state index is 13.8. The molecule has 0 amide bonds. The van der Waals surface area contributed by atoms with Crippen molar-refractivity contribution in [1.82, 2.24) is 4.98 Å². The summed E-state index contributed by atoms with van der Waals surface area (Å²) in [4.78, 5) is 5.22. The number of nitrogens with zero attached hydrogens (tertiary/aromatic N) is 1. The first-order valence-electron chi connectivity index (χ1n) is 8.87. The molecule has 2 heterocycles. The monoisotopic (exact) mass is 416 g/mol. The van der Waals surface area contributed by atoms with Crippen molar-refractivity contribution >= 4 is 29.0 Å². The summed E-state index contributed by atoms with van der Waals surface area (Å²) in [6.07, 6.45) is 1.65. The molecule has 1 aliphatic heterocycles. The van der Waals surface area contributed by atoms with Gasteiger partial charge in [0.15, 0.2) is 11.6 Å². The standard InChI is InChI=1S/C15H16FN3OS.C6H6FN/c1-15(2)8-21-13-12(5-6-18-14(13)19-15)20-11-4-3-9(17)7-10(11)16;7-5-1-3-6(8)4-2-5/h3-7H,8,17H2,1-2H3,(H,18,19);1-4H,8H2. The molecule has 8 heteroatoms. The van der Waals surface area contributed by atoms with Gasteiger partial charge in [-0.3, -0.25) is 0 Å². The summed E-state index contributed by atoms with van der Waals surface area (Å²) in [6.45, 7) is 4.22. The van der Waals surface area contributed by atoms with E-state index in [0.29, 0.717) is 17.1 Å². The van der Waals surface area contributed by atoms with Crippen LogP contribution in [0.5, 0.6) is 11.5 Å². The second kappa shape index (κ2) is 8.57. The summed E-state index contributed by atoms with van der Waals surface area (Å²) in [5.74, 6) is 1.67. The molecule has 0 aliphatic carbocycles. The zero-order chi connectivity index (χ0) is 21.0. The van der Waals surface area contributed by atoms with E-state index < -0.39 is 5.82 Å². The highest BCUT2D eigenvalue weighted by Gasteiger charge is 2.28. The Balaban J connectivity index is 0.000000252. The molecule has 4 rings (SSSR count). The molecule has 2 aromatic carbocycles. The van der Waals surface area contributed by atoms with E-state index in [-0.39, 0.29) is 17.1 Å². The number of anilines is 3. The first kappa shape index (κ1) is 20.7. The number of nitrogen functional groups attached to an aromatic ring is 2. The lowest BCUT2D eigenvalue weighted by molar-refractivity contribution is 0.432. The molecular formula is C21H22F2N4OS. The summed E-state index contributed by atoms with van der Waals surface area (Å²) in [5, 5.41) is 3.36. The second-order valence-electron chi connectivity index (χ2n) is 7.13. The summed E-state index contributed by atoms with van der Waals surface area (Å²) in [5.41, 5.74) is 11.7. The average Bonchev–Trinajstić information content (AvgIpc) is 2.66. The van der Waals surface area contributed by atoms with Crippen molar-refractivity contribution in [3.05, 3.63) is 66.4 Å². The van der Waals surface area contributed by atoms with Crippen LogP contribution in [0.2, 0.25) is 0 Å². The van der Waals surface area contributed by atoms with Gasteiger partial charge in [-0.05, 0) is 50.2 Å². The van der Waals surface area contributed by atoms with Crippen molar-refractivity contribution in [2.24, 2.45) is 0 Å². The Bertz CT molecular complexity index is 975. The van der Waals surface area contributed by atoms with Crippen LogP contribution in [0.3, 0.4) is 0 Å². The maximum atomic E-state index is 13.8. The number of halogens is 2. The van der Waals surface area contributed by atoms with E-state index in [1.54, 1.807) is 30.1 Å². The third kappa shape index (κ3) is 5.51. The highest BCUT2D eigenvalue weighted by Crippen LogP contribution is 2.43. The number of benzene rings is 2. The van der Waals surface area contributed by atoms with Crippen LogP contribution < -0.4 is 21.5 Å². The van der Waals surface area contributed by atoms with Gasteiger partial charge in [-0.2, -0.15) is 0 Å². The van der Waals surface area contributed by atoms with Gasteiger partial charge in [-0.15, -0.1) is 11.8 Å². The third-order valence-corrected chi connectivity index (χ3v) is 5.50. The Labute approximate surface area is 172 Å². The lowest BCUT2D eigenvalue weighted by Gasteiger charge is -2.32. The van der Waals surface area contributed by atoms with Gasteiger partial charge in [0.05, 0.1) is 4.90 Å². The summed E-state index contributed by atoms with van der Waals surface area (Å²) in [6, 6.07) is 11.8. The number of hydrogen-bond acceptors (Lipinski definition) is 6. The van der Waals surface area contributed by atoms with Crippen LogP contribution in [0, 0.1) is 11.6 Å². The fourth-order valence-corrected chi connectivity index (χ4v) is 3.60. The molecule has 1 aromatic heterocycles. The van der Waals surface area contributed by atoms with Crippen molar-refractivity contribution in [3.8, 4) is 11.5 Å². The molecule has 5 N–H and O–H groups in total. The number of fused-ring (bicyclic) bond motifs is 1. The number of aromatic nitrogens is 1. The topological polar surface area (TPSA) is 86.2 Å². The first-order valence-corrected chi connectivity index (χ1v) is 9.86. The molecule has 0 saturated heterocycles. The van der Waals surface area contributed by atoms with Gasteiger partial charge in [0.1, 0.15) is 17.4 Å². The highest BCUT2D eigenvalue weighted by atomic mass is 32.2. The zero-order valence-electron chi connectivity index (χ0n) is 16.1. The Morgan fingerprint density at radius 3 is 2.34 bits per heavy atom. The number of ether oxygens (including phenoxy) is 1. The molecule has 0 unspecified atom stereocenters. The van der Waals surface area contributed by atoms with Crippen molar-refractivity contribution in [1.29, 1.82) is 0 Å². The fourth-order valence-electron chi connectivity index (χ4n) is 2.53. The normalized spacial score (nSPS) is 14.1. The first-order chi connectivity index (χ1) is 13.7.